The number of methoxy groups -OCH3 is 1. The van der Waals surface area contributed by atoms with E-state index < -0.39 is 21.2 Å². The number of hydrogen-bond acceptors (Lipinski definition) is 4. The Hall–Kier alpha value is -1.27. The van der Waals surface area contributed by atoms with Gasteiger partial charge in [0.25, 0.3) is 0 Å². The zero-order chi connectivity index (χ0) is 15.7. The van der Waals surface area contributed by atoms with Crippen molar-refractivity contribution >= 4 is 27.4 Å². The number of rotatable bonds is 5. The van der Waals surface area contributed by atoms with Gasteiger partial charge in [-0.1, -0.05) is 11.6 Å². The molecule has 0 radical (unpaired) electrons. The largest absolute Gasteiger partial charge is 0.494 e. The number of benzene rings is 1. The van der Waals surface area contributed by atoms with E-state index in [0.717, 1.165) is 6.26 Å². The van der Waals surface area contributed by atoms with E-state index >= 15 is 0 Å². The first-order valence-electron chi connectivity index (χ1n) is 5.79. The normalized spacial score (nSPS) is 12.2. The fourth-order valence-electron chi connectivity index (χ4n) is 1.78. The minimum atomic E-state index is -3.52. The Balaban J connectivity index is 3.40. The highest BCUT2D eigenvalue weighted by Gasteiger charge is 2.29. The SMILES string of the molecule is COc1c(Cl)cc(CC(C)(C)C(=O)O)cc1S(C)(=O)=O. The summed E-state index contributed by atoms with van der Waals surface area (Å²) in [5.74, 6) is -0.892. The molecule has 0 aliphatic carbocycles. The molecular formula is C13H17ClO5S. The molecule has 1 aromatic carbocycles. The van der Waals surface area contributed by atoms with E-state index in [0.29, 0.717) is 5.56 Å². The summed E-state index contributed by atoms with van der Waals surface area (Å²) in [6.07, 6.45) is 1.21. The van der Waals surface area contributed by atoms with Crippen molar-refractivity contribution in [1.82, 2.24) is 0 Å². The molecule has 0 spiro atoms. The minimum absolute atomic E-state index is 0.0383. The Bertz CT molecular complexity index is 634. The maximum absolute atomic E-state index is 11.8. The molecule has 0 heterocycles. The maximum Gasteiger partial charge on any atom is 0.309 e. The molecule has 0 bridgehead atoms. The third kappa shape index (κ3) is 3.64. The van der Waals surface area contributed by atoms with Gasteiger partial charge in [-0.3, -0.25) is 4.79 Å². The molecule has 20 heavy (non-hydrogen) atoms. The average Bonchev–Trinajstić information content (AvgIpc) is 2.26. The third-order valence-electron chi connectivity index (χ3n) is 2.90. The Morgan fingerprint density at radius 2 is 1.95 bits per heavy atom. The molecule has 0 atom stereocenters. The van der Waals surface area contributed by atoms with Gasteiger partial charge in [-0.15, -0.1) is 0 Å². The fourth-order valence-corrected chi connectivity index (χ4v) is 3.05. The number of aliphatic carboxylic acids is 1. The van der Waals surface area contributed by atoms with Gasteiger partial charge in [0.2, 0.25) is 0 Å². The van der Waals surface area contributed by atoms with Crippen LogP contribution in [0.25, 0.3) is 0 Å². The molecule has 112 valence electrons. The van der Waals surface area contributed by atoms with Crippen molar-refractivity contribution in [3.8, 4) is 5.75 Å². The lowest BCUT2D eigenvalue weighted by atomic mass is 9.86. The van der Waals surface area contributed by atoms with Crippen LogP contribution < -0.4 is 4.74 Å². The average molecular weight is 321 g/mol. The number of carboxylic acid groups (broad SMARTS) is 1. The van der Waals surface area contributed by atoms with E-state index in [-0.39, 0.29) is 22.1 Å². The monoisotopic (exact) mass is 320 g/mol. The van der Waals surface area contributed by atoms with Crippen molar-refractivity contribution in [2.75, 3.05) is 13.4 Å². The molecular weight excluding hydrogens is 304 g/mol. The molecule has 0 saturated carbocycles. The van der Waals surface area contributed by atoms with E-state index in [9.17, 15) is 13.2 Å². The van der Waals surface area contributed by atoms with Gasteiger partial charge < -0.3 is 9.84 Å². The highest BCUT2D eigenvalue weighted by atomic mass is 35.5. The van der Waals surface area contributed by atoms with Gasteiger partial charge in [-0.2, -0.15) is 0 Å². The minimum Gasteiger partial charge on any atom is -0.494 e. The lowest BCUT2D eigenvalue weighted by Gasteiger charge is -2.20. The lowest BCUT2D eigenvalue weighted by Crippen LogP contribution is -2.26. The van der Waals surface area contributed by atoms with Crippen molar-refractivity contribution in [1.29, 1.82) is 0 Å². The summed E-state index contributed by atoms with van der Waals surface area (Å²) < 4.78 is 28.5. The molecule has 1 rings (SSSR count). The number of hydrogen-bond donors (Lipinski definition) is 1. The Morgan fingerprint density at radius 3 is 2.35 bits per heavy atom. The number of sulfone groups is 1. The van der Waals surface area contributed by atoms with E-state index in [1.54, 1.807) is 13.8 Å². The molecule has 0 amide bonds. The highest BCUT2D eigenvalue weighted by molar-refractivity contribution is 7.90. The van der Waals surface area contributed by atoms with Crippen LogP contribution in [0.3, 0.4) is 0 Å². The van der Waals surface area contributed by atoms with Crippen LogP contribution in [0, 0.1) is 5.41 Å². The topological polar surface area (TPSA) is 80.7 Å². The summed E-state index contributed by atoms with van der Waals surface area (Å²) in [6.45, 7) is 3.13. The van der Waals surface area contributed by atoms with Crippen LogP contribution in [0.5, 0.6) is 5.75 Å². The molecule has 7 heteroatoms. The van der Waals surface area contributed by atoms with Crippen LogP contribution in [0.4, 0.5) is 0 Å². The predicted octanol–water partition coefficient (Wildman–Crippen LogP) is 2.41. The second-order valence-corrected chi connectivity index (χ2v) is 7.64. The van der Waals surface area contributed by atoms with Gasteiger partial charge in [0.1, 0.15) is 4.90 Å². The van der Waals surface area contributed by atoms with E-state index in [1.807, 2.05) is 0 Å². The van der Waals surface area contributed by atoms with Crippen LogP contribution >= 0.6 is 11.6 Å². The van der Waals surface area contributed by atoms with Crippen molar-refractivity contribution in [2.45, 2.75) is 25.2 Å². The van der Waals surface area contributed by atoms with E-state index in [2.05, 4.69) is 0 Å². The first-order valence-corrected chi connectivity index (χ1v) is 8.06. The second-order valence-electron chi connectivity index (χ2n) is 5.25. The summed E-state index contributed by atoms with van der Waals surface area (Å²) in [5.41, 5.74) is -0.490. The van der Waals surface area contributed by atoms with Crippen molar-refractivity contribution < 1.29 is 23.1 Å². The molecule has 0 aliphatic heterocycles. The molecule has 0 unspecified atom stereocenters. The van der Waals surface area contributed by atoms with Crippen LogP contribution in [-0.2, 0) is 21.1 Å². The van der Waals surface area contributed by atoms with Gasteiger partial charge >= 0.3 is 5.97 Å². The Morgan fingerprint density at radius 1 is 1.40 bits per heavy atom. The summed E-state index contributed by atoms with van der Waals surface area (Å²) >= 11 is 6.01. The van der Waals surface area contributed by atoms with Crippen molar-refractivity contribution in [3.63, 3.8) is 0 Å². The number of carboxylic acids is 1. The van der Waals surface area contributed by atoms with Crippen LogP contribution in [0.2, 0.25) is 5.02 Å². The molecule has 0 aliphatic rings. The smallest absolute Gasteiger partial charge is 0.309 e. The van der Waals surface area contributed by atoms with Crippen molar-refractivity contribution in [3.05, 3.63) is 22.7 Å². The zero-order valence-electron chi connectivity index (χ0n) is 11.7. The van der Waals surface area contributed by atoms with Gasteiger partial charge in [0.05, 0.1) is 17.5 Å². The Kier molecular flexibility index (Phi) is 4.71. The van der Waals surface area contributed by atoms with Crippen LogP contribution in [0.1, 0.15) is 19.4 Å². The first kappa shape index (κ1) is 16.8. The third-order valence-corrected chi connectivity index (χ3v) is 4.28. The maximum atomic E-state index is 11.8. The van der Waals surface area contributed by atoms with Gasteiger partial charge in [0, 0.05) is 6.26 Å². The number of carbonyl (C=O) groups is 1. The summed E-state index contributed by atoms with van der Waals surface area (Å²) in [4.78, 5) is 11.1. The number of halogens is 1. The molecule has 5 nitrogen and oxygen atoms in total. The zero-order valence-corrected chi connectivity index (χ0v) is 13.3. The lowest BCUT2D eigenvalue weighted by molar-refractivity contribution is -0.146. The van der Waals surface area contributed by atoms with E-state index in [4.69, 9.17) is 21.4 Å². The molecule has 1 aromatic rings. The fraction of sp³-hybridized carbons (Fsp3) is 0.462. The molecule has 0 saturated heterocycles. The van der Waals surface area contributed by atoms with Gasteiger partial charge in [-0.05, 0) is 38.0 Å². The highest BCUT2D eigenvalue weighted by Crippen LogP contribution is 2.35. The van der Waals surface area contributed by atoms with E-state index in [1.165, 1.54) is 19.2 Å². The first-order chi connectivity index (χ1) is 8.99. The van der Waals surface area contributed by atoms with Crippen LogP contribution in [-0.4, -0.2) is 32.9 Å². The van der Waals surface area contributed by atoms with Crippen molar-refractivity contribution in [2.24, 2.45) is 5.41 Å². The predicted molar refractivity (Wildman–Crippen MR) is 76.2 cm³/mol. The standard InChI is InChI=1S/C13H17ClO5S/c1-13(2,12(15)16)7-8-5-9(14)11(19-3)10(6-8)20(4,17)18/h5-6H,7H2,1-4H3,(H,15,16). The summed E-state index contributed by atoms with van der Waals surface area (Å²) in [6, 6.07) is 2.94. The second kappa shape index (κ2) is 5.61. The molecule has 0 fully saturated rings. The number of ether oxygens (including phenoxy) is 1. The van der Waals surface area contributed by atoms with Crippen LogP contribution in [0.15, 0.2) is 17.0 Å². The quantitative estimate of drug-likeness (QED) is 0.901. The summed E-state index contributed by atoms with van der Waals surface area (Å²) in [5, 5.41) is 9.27. The Labute approximate surface area is 123 Å². The van der Waals surface area contributed by atoms with Gasteiger partial charge in [-0.25, -0.2) is 8.42 Å². The molecule has 0 aromatic heterocycles. The molecule has 1 N–H and O–H groups in total. The van der Waals surface area contributed by atoms with Gasteiger partial charge in [0.15, 0.2) is 15.6 Å². The summed E-state index contributed by atoms with van der Waals surface area (Å²) in [7, 11) is -2.19.